The second-order valence-corrected chi connectivity index (χ2v) is 5.88. The Morgan fingerprint density at radius 2 is 2.10 bits per heavy atom. The number of halogens is 1. The average molecular weight is 279 g/mol. The third-order valence-electron chi connectivity index (χ3n) is 4.26. The molecule has 0 aromatic heterocycles. The molecule has 1 N–H and O–H groups in total. The van der Waals surface area contributed by atoms with Gasteiger partial charge in [0.15, 0.2) is 0 Å². The summed E-state index contributed by atoms with van der Waals surface area (Å²) >= 11 is 0. The van der Waals surface area contributed by atoms with Crippen molar-refractivity contribution in [1.29, 1.82) is 0 Å². The second kappa shape index (κ2) is 6.55. The van der Waals surface area contributed by atoms with Crippen LogP contribution < -0.4 is 10.2 Å². The molecule has 1 aliphatic rings. The summed E-state index contributed by atoms with van der Waals surface area (Å²) in [6.45, 7) is 7.19. The summed E-state index contributed by atoms with van der Waals surface area (Å²) in [5.74, 6) is -0.110. The molecule has 1 aliphatic heterocycles. The van der Waals surface area contributed by atoms with Crippen molar-refractivity contribution in [3.63, 3.8) is 0 Å². The van der Waals surface area contributed by atoms with E-state index in [2.05, 4.69) is 29.1 Å². The van der Waals surface area contributed by atoms with Crippen LogP contribution in [-0.4, -0.2) is 44.7 Å². The minimum absolute atomic E-state index is 0.110. The number of likely N-dealkylation sites (N-methyl/N-ethyl adjacent to an activating group) is 1. The van der Waals surface area contributed by atoms with Crippen LogP contribution in [0.1, 0.15) is 31.9 Å². The summed E-state index contributed by atoms with van der Waals surface area (Å²) < 4.78 is 14.5. The van der Waals surface area contributed by atoms with Gasteiger partial charge in [-0.15, -0.1) is 0 Å². The fourth-order valence-corrected chi connectivity index (χ4v) is 2.92. The zero-order chi connectivity index (χ0) is 14.7. The maximum Gasteiger partial charge on any atom is 0.146 e. The molecule has 0 radical (unpaired) electrons. The lowest BCUT2D eigenvalue weighted by Gasteiger charge is -2.30. The molecular formula is C16H26FN3. The SMILES string of the molecule is CNC(C)c1ccc(N2CCCN(C)CC2C)c(F)c1. The summed E-state index contributed by atoms with van der Waals surface area (Å²) in [5.41, 5.74) is 1.73. The maximum atomic E-state index is 14.5. The topological polar surface area (TPSA) is 18.5 Å². The Labute approximate surface area is 121 Å². The Kier molecular flexibility index (Phi) is 5.00. The van der Waals surface area contributed by atoms with E-state index in [0.29, 0.717) is 6.04 Å². The molecule has 2 rings (SSSR count). The van der Waals surface area contributed by atoms with E-state index in [9.17, 15) is 4.39 Å². The molecule has 0 spiro atoms. The van der Waals surface area contributed by atoms with Crippen LogP contribution >= 0.6 is 0 Å². The van der Waals surface area contributed by atoms with E-state index in [0.717, 1.165) is 37.3 Å². The van der Waals surface area contributed by atoms with Crippen LogP contribution in [-0.2, 0) is 0 Å². The summed E-state index contributed by atoms with van der Waals surface area (Å²) in [7, 11) is 4.03. The standard InChI is InChI=1S/C16H26FN3/c1-12-11-19(4)8-5-9-20(12)16-7-6-14(10-15(16)17)13(2)18-3/h6-7,10,12-13,18H,5,8-9,11H2,1-4H3. The fraction of sp³-hybridized carbons (Fsp3) is 0.625. The molecule has 1 aromatic rings. The van der Waals surface area contributed by atoms with Crippen molar-refractivity contribution in [1.82, 2.24) is 10.2 Å². The third-order valence-corrected chi connectivity index (χ3v) is 4.26. The zero-order valence-electron chi connectivity index (χ0n) is 13.0. The normalized spacial score (nSPS) is 22.6. The van der Waals surface area contributed by atoms with Crippen LogP contribution in [0.2, 0.25) is 0 Å². The van der Waals surface area contributed by atoms with E-state index in [4.69, 9.17) is 0 Å². The van der Waals surface area contributed by atoms with Crippen LogP contribution in [0.4, 0.5) is 10.1 Å². The average Bonchev–Trinajstić information content (AvgIpc) is 2.58. The zero-order valence-corrected chi connectivity index (χ0v) is 13.0. The van der Waals surface area contributed by atoms with Crippen LogP contribution in [0.15, 0.2) is 18.2 Å². The molecule has 0 amide bonds. The van der Waals surface area contributed by atoms with E-state index in [-0.39, 0.29) is 11.9 Å². The van der Waals surface area contributed by atoms with Crippen LogP contribution in [0, 0.1) is 5.82 Å². The Morgan fingerprint density at radius 1 is 1.35 bits per heavy atom. The maximum absolute atomic E-state index is 14.5. The van der Waals surface area contributed by atoms with Crippen molar-refractivity contribution >= 4 is 5.69 Å². The number of anilines is 1. The van der Waals surface area contributed by atoms with Crippen molar-refractivity contribution in [3.8, 4) is 0 Å². The molecule has 0 aliphatic carbocycles. The minimum atomic E-state index is -0.110. The second-order valence-electron chi connectivity index (χ2n) is 5.88. The van der Waals surface area contributed by atoms with Gasteiger partial charge in [-0.3, -0.25) is 0 Å². The smallest absolute Gasteiger partial charge is 0.146 e. The molecule has 0 saturated carbocycles. The van der Waals surface area contributed by atoms with Crippen LogP contribution in [0.25, 0.3) is 0 Å². The number of hydrogen-bond donors (Lipinski definition) is 1. The molecule has 20 heavy (non-hydrogen) atoms. The van der Waals surface area contributed by atoms with E-state index >= 15 is 0 Å². The number of rotatable bonds is 3. The molecule has 3 nitrogen and oxygen atoms in total. The molecule has 112 valence electrons. The van der Waals surface area contributed by atoms with Gasteiger partial charge < -0.3 is 15.1 Å². The van der Waals surface area contributed by atoms with Crippen molar-refractivity contribution < 1.29 is 4.39 Å². The van der Waals surface area contributed by atoms with Gasteiger partial charge in [0.05, 0.1) is 5.69 Å². The Hall–Kier alpha value is -1.13. The van der Waals surface area contributed by atoms with Gasteiger partial charge in [-0.2, -0.15) is 0 Å². The molecule has 1 fully saturated rings. The summed E-state index contributed by atoms with van der Waals surface area (Å²) in [6.07, 6.45) is 1.08. The predicted molar refractivity (Wildman–Crippen MR) is 82.8 cm³/mol. The highest BCUT2D eigenvalue weighted by molar-refractivity contribution is 5.50. The molecule has 0 bridgehead atoms. The molecule has 1 heterocycles. The van der Waals surface area contributed by atoms with Gasteiger partial charge in [0.25, 0.3) is 0 Å². The van der Waals surface area contributed by atoms with Crippen molar-refractivity contribution in [2.24, 2.45) is 0 Å². The minimum Gasteiger partial charge on any atom is -0.365 e. The number of nitrogens with zero attached hydrogens (tertiary/aromatic N) is 2. The van der Waals surface area contributed by atoms with Crippen molar-refractivity contribution in [2.45, 2.75) is 32.4 Å². The van der Waals surface area contributed by atoms with E-state index in [1.165, 1.54) is 0 Å². The number of benzene rings is 1. The van der Waals surface area contributed by atoms with Gasteiger partial charge in [0, 0.05) is 25.2 Å². The molecule has 2 atom stereocenters. The third kappa shape index (κ3) is 3.30. The first-order valence-electron chi connectivity index (χ1n) is 7.45. The molecule has 1 aromatic carbocycles. The molecular weight excluding hydrogens is 253 g/mol. The lowest BCUT2D eigenvalue weighted by molar-refractivity contribution is 0.337. The van der Waals surface area contributed by atoms with E-state index < -0.39 is 0 Å². The quantitative estimate of drug-likeness (QED) is 0.917. The first-order valence-corrected chi connectivity index (χ1v) is 7.45. The van der Waals surface area contributed by atoms with E-state index in [1.807, 2.05) is 26.1 Å². The first-order chi connectivity index (χ1) is 9.52. The van der Waals surface area contributed by atoms with Gasteiger partial charge in [0.2, 0.25) is 0 Å². The summed E-state index contributed by atoms with van der Waals surface area (Å²) in [6, 6.07) is 6.13. The first kappa shape index (κ1) is 15.3. The fourth-order valence-electron chi connectivity index (χ4n) is 2.92. The van der Waals surface area contributed by atoms with Crippen LogP contribution in [0.3, 0.4) is 0 Å². The number of hydrogen-bond acceptors (Lipinski definition) is 3. The van der Waals surface area contributed by atoms with Gasteiger partial charge in [0.1, 0.15) is 5.82 Å². The highest BCUT2D eigenvalue weighted by Gasteiger charge is 2.22. The lowest BCUT2D eigenvalue weighted by Crippen LogP contribution is -2.38. The Morgan fingerprint density at radius 3 is 2.75 bits per heavy atom. The highest BCUT2D eigenvalue weighted by Crippen LogP contribution is 2.26. The van der Waals surface area contributed by atoms with Gasteiger partial charge in [-0.1, -0.05) is 6.07 Å². The molecule has 4 heteroatoms. The number of nitrogens with one attached hydrogen (secondary N) is 1. The largest absolute Gasteiger partial charge is 0.365 e. The monoisotopic (exact) mass is 279 g/mol. The molecule has 1 saturated heterocycles. The van der Waals surface area contributed by atoms with Crippen molar-refractivity contribution in [3.05, 3.63) is 29.6 Å². The van der Waals surface area contributed by atoms with Crippen molar-refractivity contribution in [2.75, 3.05) is 38.6 Å². The lowest BCUT2D eigenvalue weighted by atomic mass is 10.1. The highest BCUT2D eigenvalue weighted by atomic mass is 19.1. The van der Waals surface area contributed by atoms with Gasteiger partial charge in [-0.25, -0.2) is 4.39 Å². The van der Waals surface area contributed by atoms with Gasteiger partial charge >= 0.3 is 0 Å². The molecule has 2 unspecified atom stereocenters. The summed E-state index contributed by atoms with van der Waals surface area (Å²) in [4.78, 5) is 4.52. The Balaban J connectivity index is 2.23. The van der Waals surface area contributed by atoms with Gasteiger partial charge in [-0.05, 0) is 58.6 Å². The summed E-state index contributed by atoms with van der Waals surface area (Å²) in [5, 5.41) is 3.15. The predicted octanol–water partition coefficient (Wildman–Crippen LogP) is 2.64. The van der Waals surface area contributed by atoms with Crippen LogP contribution in [0.5, 0.6) is 0 Å². The Bertz CT molecular complexity index is 449. The van der Waals surface area contributed by atoms with E-state index in [1.54, 1.807) is 6.07 Å².